The molecule has 7 heteroatoms. The minimum atomic E-state index is -1.67. The highest BCUT2D eigenvalue weighted by atomic mass is 16.6. The van der Waals surface area contributed by atoms with Crippen LogP contribution >= 0.6 is 0 Å². The van der Waals surface area contributed by atoms with E-state index in [-0.39, 0.29) is 12.8 Å². The van der Waals surface area contributed by atoms with E-state index >= 15 is 0 Å². The smallest absolute Gasteiger partial charge is 0.318 e. The number of nitrogens with zero attached hydrogens (tertiary/aromatic N) is 1. The van der Waals surface area contributed by atoms with Gasteiger partial charge < -0.3 is 10.2 Å². The van der Waals surface area contributed by atoms with Crippen LogP contribution in [0.25, 0.3) is 0 Å². The lowest BCUT2D eigenvalue weighted by Gasteiger charge is -2.40. The summed E-state index contributed by atoms with van der Waals surface area (Å²) in [7, 11) is 0. The molecule has 0 heterocycles. The second kappa shape index (κ2) is 3.84. The summed E-state index contributed by atoms with van der Waals surface area (Å²) >= 11 is 0. The lowest BCUT2D eigenvalue weighted by atomic mass is 9.61. The Bertz CT molecular complexity index is 294. The molecule has 0 amide bonds. The van der Waals surface area contributed by atoms with Gasteiger partial charge in [-0.05, 0) is 12.8 Å². The second-order valence-electron chi connectivity index (χ2n) is 3.82. The molecule has 0 atom stereocenters. The third-order valence-electron chi connectivity index (χ3n) is 2.90. The molecule has 1 rings (SSSR count). The Kier molecular flexibility index (Phi) is 2.92. The van der Waals surface area contributed by atoms with E-state index in [1.54, 1.807) is 0 Å². The summed E-state index contributed by atoms with van der Waals surface area (Å²) in [5.74, 6) is -4.66. The molecule has 0 saturated heterocycles. The first-order chi connectivity index (χ1) is 6.89. The summed E-state index contributed by atoms with van der Waals surface area (Å²) < 4.78 is 0. The van der Waals surface area contributed by atoms with Crippen molar-refractivity contribution in [1.82, 2.24) is 0 Å². The molecule has 84 valence electrons. The molecule has 0 aromatic heterocycles. The van der Waals surface area contributed by atoms with Crippen LogP contribution in [0.5, 0.6) is 0 Å². The molecule has 1 aliphatic carbocycles. The van der Waals surface area contributed by atoms with Crippen LogP contribution in [-0.4, -0.2) is 33.6 Å². The maximum absolute atomic E-state index is 10.8. The quantitative estimate of drug-likeness (QED) is 0.386. The van der Waals surface area contributed by atoms with Crippen molar-refractivity contribution in [3.8, 4) is 0 Å². The first-order valence-corrected chi connectivity index (χ1v) is 4.46. The van der Waals surface area contributed by atoms with Crippen LogP contribution in [0.4, 0.5) is 0 Å². The lowest BCUT2D eigenvalue weighted by molar-refractivity contribution is -0.503. The van der Waals surface area contributed by atoms with Crippen molar-refractivity contribution < 1.29 is 24.7 Å². The molecule has 0 aliphatic heterocycles. The molecule has 15 heavy (non-hydrogen) atoms. The van der Waals surface area contributed by atoms with Crippen LogP contribution in [0.2, 0.25) is 0 Å². The van der Waals surface area contributed by atoms with Gasteiger partial charge >= 0.3 is 11.9 Å². The molecule has 0 bridgehead atoms. The maximum atomic E-state index is 10.8. The summed E-state index contributed by atoms with van der Waals surface area (Å²) in [6.45, 7) is -0.587. The number of aliphatic carboxylic acids is 2. The molecule has 1 aliphatic rings. The average molecular weight is 217 g/mol. The molecule has 7 nitrogen and oxygen atoms in total. The summed E-state index contributed by atoms with van der Waals surface area (Å²) in [4.78, 5) is 31.3. The molecule has 0 aromatic rings. The second-order valence-corrected chi connectivity index (χ2v) is 3.82. The molecule has 0 radical (unpaired) electrons. The molecule has 1 fully saturated rings. The topological polar surface area (TPSA) is 118 Å². The highest BCUT2D eigenvalue weighted by molar-refractivity contribution is 5.94. The Hall–Kier alpha value is -1.66. The van der Waals surface area contributed by atoms with Crippen LogP contribution in [-0.2, 0) is 9.59 Å². The zero-order chi connectivity index (χ0) is 11.6. The Balaban J connectivity index is 2.91. The first-order valence-electron chi connectivity index (χ1n) is 4.46. The minimum absolute atomic E-state index is 0.289. The van der Waals surface area contributed by atoms with E-state index in [2.05, 4.69) is 0 Å². The van der Waals surface area contributed by atoms with Crippen LogP contribution in [0.1, 0.15) is 19.3 Å². The molecule has 0 aromatic carbocycles. The van der Waals surface area contributed by atoms with Crippen molar-refractivity contribution in [3.05, 3.63) is 10.1 Å². The molecular formula is C8H11NO6. The molecule has 0 unspecified atom stereocenters. The van der Waals surface area contributed by atoms with E-state index in [4.69, 9.17) is 10.2 Å². The van der Waals surface area contributed by atoms with Gasteiger partial charge in [-0.2, -0.15) is 0 Å². The number of carboxylic acids is 2. The Morgan fingerprint density at radius 3 is 2.00 bits per heavy atom. The predicted molar refractivity (Wildman–Crippen MR) is 46.9 cm³/mol. The molecule has 2 N–H and O–H groups in total. The minimum Gasteiger partial charge on any atom is -0.481 e. The van der Waals surface area contributed by atoms with Crippen LogP contribution in [0.3, 0.4) is 0 Å². The van der Waals surface area contributed by atoms with Crippen LogP contribution in [0, 0.1) is 21.4 Å². The zero-order valence-electron chi connectivity index (χ0n) is 7.88. The number of rotatable bonds is 5. The van der Waals surface area contributed by atoms with Gasteiger partial charge in [0, 0.05) is 4.92 Å². The lowest BCUT2D eigenvalue weighted by Crippen LogP contribution is -2.49. The summed E-state index contributed by atoms with van der Waals surface area (Å²) in [6, 6.07) is 0. The van der Waals surface area contributed by atoms with Gasteiger partial charge in [0.15, 0.2) is 5.92 Å². The number of hydrogen-bond donors (Lipinski definition) is 2. The largest absolute Gasteiger partial charge is 0.481 e. The van der Waals surface area contributed by atoms with E-state index in [0.717, 1.165) is 0 Å². The van der Waals surface area contributed by atoms with E-state index in [1.165, 1.54) is 0 Å². The highest BCUT2D eigenvalue weighted by Gasteiger charge is 2.55. The van der Waals surface area contributed by atoms with Gasteiger partial charge in [-0.25, -0.2) is 0 Å². The molecular weight excluding hydrogens is 206 g/mol. The third kappa shape index (κ3) is 2.05. The maximum Gasteiger partial charge on any atom is 0.318 e. The van der Waals surface area contributed by atoms with E-state index < -0.39 is 34.7 Å². The Morgan fingerprint density at radius 1 is 1.33 bits per heavy atom. The first kappa shape index (κ1) is 11.4. The van der Waals surface area contributed by atoms with Gasteiger partial charge in [0.05, 0.1) is 5.41 Å². The number of carboxylic acid groups (broad SMARTS) is 2. The van der Waals surface area contributed by atoms with E-state index in [0.29, 0.717) is 6.42 Å². The number of carbonyl (C=O) groups is 2. The van der Waals surface area contributed by atoms with Gasteiger partial charge in [-0.15, -0.1) is 0 Å². The standard InChI is InChI=1S/C8H11NO6/c10-6(11)5(7(12)13)8(2-1-3-8)4-9(14)15/h5H,1-4H2,(H,10,11)(H,12,13). The van der Waals surface area contributed by atoms with Crippen molar-refractivity contribution >= 4 is 11.9 Å². The Labute approximate surface area is 84.9 Å². The SMILES string of the molecule is O=C(O)C(C(=O)O)C1(C[N+](=O)[O-])CCC1. The van der Waals surface area contributed by atoms with Gasteiger partial charge in [-0.3, -0.25) is 19.7 Å². The van der Waals surface area contributed by atoms with Gasteiger partial charge in [-0.1, -0.05) is 6.42 Å². The summed E-state index contributed by atoms with van der Waals surface area (Å²) in [5.41, 5.74) is -1.19. The molecule has 0 spiro atoms. The van der Waals surface area contributed by atoms with Crippen molar-refractivity contribution in [1.29, 1.82) is 0 Å². The normalized spacial score (nSPS) is 18.2. The van der Waals surface area contributed by atoms with Gasteiger partial charge in [0.25, 0.3) is 0 Å². The third-order valence-corrected chi connectivity index (χ3v) is 2.90. The fraction of sp³-hybridized carbons (Fsp3) is 0.750. The van der Waals surface area contributed by atoms with E-state index in [9.17, 15) is 19.7 Å². The fourth-order valence-electron chi connectivity index (χ4n) is 2.06. The van der Waals surface area contributed by atoms with Crippen LogP contribution in [0.15, 0.2) is 0 Å². The summed E-state index contributed by atoms with van der Waals surface area (Å²) in [5, 5.41) is 27.9. The Morgan fingerprint density at radius 2 is 1.80 bits per heavy atom. The predicted octanol–water partition coefficient (Wildman–Crippen LogP) is 0.219. The zero-order valence-corrected chi connectivity index (χ0v) is 7.88. The monoisotopic (exact) mass is 217 g/mol. The van der Waals surface area contributed by atoms with Crippen LogP contribution < -0.4 is 0 Å². The van der Waals surface area contributed by atoms with E-state index in [1.807, 2.05) is 0 Å². The fourth-order valence-corrected chi connectivity index (χ4v) is 2.06. The number of hydrogen-bond acceptors (Lipinski definition) is 4. The van der Waals surface area contributed by atoms with Crippen molar-refractivity contribution in [2.45, 2.75) is 19.3 Å². The van der Waals surface area contributed by atoms with Gasteiger partial charge in [0.1, 0.15) is 0 Å². The van der Waals surface area contributed by atoms with Crippen molar-refractivity contribution in [2.75, 3.05) is 6.54 Å². The van der Waals surface area contributed by atoms with Gasteiger partial charge in [0.2, 0.25) is 6.54 Å². The highest BCUT2D eigenvalue weighted by Crippen LogP contribution is 2.47. The molecule has 1 saturated carbocycles. The summed E-state index contributed by atoms with van der Waals surface area (Å²) in [6.07, 6.45) is 1.22. The average Bonchev–Trinajstić information content (AvgIpc) is 1.97. The van der Waals surface area contributed by atoms with Crippen molar-refractivity contribution in [2.24, 2.45) is 11.3 Å². The van der Waals surface area contributed by atoms with Crippen molar-refractivity contribution in [3.63, 3.8) is 0 Å². The number of nitro groups is 1.